The van der Waals surface area contributed by atoms with Gasteiger partial charge in [0.25, 0.3) is 0 Å². The quantitative estimate of drug-likeness (QED) is 0.776. The second-order valence-electron chi connectivity index (χ2n) is 4.04. The van der Waals surface area contributed by atoms with Crippen molar-refractivity contribution in [2.75, 3.05) is 7.11 Å². The summed E-state index contributed by atoms with van der Waals surface area (Å²) >= 11 is 0. The lowest BCUT2D eigenvalue weighted by molar-refractivity contribution is 0.0626. The van der Waals surface area contributed by atoms with Gasteiger partial charge in [-0.25, -0.2) is 0 Å². The van der Waals surface area contributed by atoms with Crippen LogP contribution in [0.2, 0.25) is 0 Å². The van der Waals surface area contributed by atoms with E-state index in [9.17, 15) is 0 Å². The van der Waals surface area contributed by atoms with E-state index in [0.717, 1.165) is 12.0 Å². The zero-order valence-corrected chi connectivity index (χ0v) is 8.48. The van der Waals surface area contributed by atoms with Crippen LogP contribution in [0.4, 0.5) is 0 Å². The van der Waals surface area contributed by atoms with Crippen molar-refractivity contribution in [3.63, 3.8) is 0 Å². The number of hydrogen-bond acceptors (Lipinski definition) is 3. The number of rotatable bonds is 5. The van der Waals surface area contributed by atoms with Gasteiger partial charge in [0, 0.05) is 13.2 Å². The highest BCUT2D eigenvalue weighted by Crippen LogP contribution is 2.35. The largest absolute Gasteiger partial charge is 0.472 e. The van der Waals surface area contributed by atoms with Crippen molar-refractivity contribution >= 4 is 0 Å². The predicted octanol–water partition coefficient (Wildman–Crippen LogP) is 1.57. The molecular formula is C11H17NO2. The molecule has 3 heteroatoms. The van der Waals surface area contributed by atoms with Gasteiger partial charge >= 0.3 is 0 Å². The molecule has 1 fully saturated rings. The molecule has 1 heterocycles. The van der Waals surface area contributed by atoms with Gasteiger partial charge in [-0.3, -0.25) is 0 Å². The molecule has 2 rings (SSSR count). The summed E-state index contributed by atoms with van der Waals surface area (Å²) in [5.41, 5.74) is 7.25. The first-order chi connectivity index (χ1) is 6.81. The molecule has 14 heavy (non-hydrogen) atoms. The van der Waals surface area contributed by atoms with Gasteiger partial charge in [-0.2, -0.15) is 0 Å². The van der Waals surface area contributed by atoms with E-state index in [2.05, 4.69) is 0 Å². The zero-order chi connectivity index (χ0) is 9.97. The summed E-state index contributed by atoms with van der Waals surface area (Å²) in [5, 5.41) is 0. The predicted molar refractivity (Wildman–Crippen MR) is 53.9 cm³/mol. The van der Waals surface area contributed by atoms with Crippen LogP contribution in [0.15, 0.2) is 23.0 Å². The Balaban J connectivity index is 1.90. The van der Waals surface area contributed by atoms with Crippen LogP contribution in [-0.4, -0.2) is 19.3 Å². The van der Waals surface area contributed by atoms with Crippen LogP contribution in [0.5, 0.6) is 0 Å². The molecule has 2 unspecified atom stereocenters. The average Bonchev–Trinajstić information content (AvgIpc) is 2.86. The lowest BCUT2D eigenvalue weighted by Gasteiger charge is -2.21. The monoisotopic (exact) mass is 195 g/mol. The Morgan fingerprint density at radius 2 is 2.43 bits per heavy atom. The first kappa shape index (κ1) is 9.74. The summed E-state index contributed by atoms with van der Waals surface area (Å²) in [7, 11) is 1.75. The molecule has 0 radical (unpaired) electrons. The molecule has 0 saturated heterocycles. The van der Waals surface area contributed by atoms with Gasteiger partial charge in [-0.15, -0.1) is 0 Å². The van der Waals surface area contributed by atoms with Crippen molar-refractivity contribution in [2.45, 2.75) is 31.4 Å². The maximum Gasteiger partial charge on any atom is 0.0935 e. The van der Waals surface area contributed by atoms with E-state index in [4.69, 9.17) is 14.9 Å². The van der Waals surface area contributed by atoms with E-state index in [1.165, 1.54) is 12.8 Å². The Morgan fingerprint density at radius 3 is 2.93 bits per heavy atom. The van der Waals surface area contributed by atoms with Crippen LogP contribution in [0.25, 0.3) is 0 Å². The Morgan fingerprint density at radius 1 is 1.64 bits per heavy atom. The van der Waals surface area contributed by atoms with Crippen molar-refractivity contribution in [3.05, 3.63) is 24.2 Å². The molecule has 1 aromatic rings. The highest BCUT2D eigenvalue weighted by Gasteiger charge is 2.35. The van der Waals surface area contributed by atoms with Gasteiger partial charge in [0.1, 0.15) is 0 Å². The van der Waals surface area contributed by atoms with E-state index < -0.39 is 0 Å². The Labute approximate surface area is 84.2 Å². The second kappa shape index (κ2) is 4.15. The molecule has 0 aliphatic heterocycles. The van der Waals surface area contributed by atoms with E-state index in [0.29, 0.717) is 5.92 Å². The van der Waals surface area contributed by atoms with Crippen molar-refractivity contribution in [1.29, 1.82) is 0 Å². The molecule has 0 spiro atoms. The van der Waals surface area contributed by atoms with Crippen molar-refractivity contribution < 1.29 is 9.15 Å². The molecule has 0 bridgehead atoms. The van der Waals surface area contributed by atoms with Crippen LogP contribution >= 0.6 is 0 Å². The summed E-state index contributed by atoms with van der Waals surface area (Å²) in [6.07, 6.45) is 7.01. The van der Waals surface area contributed by atoms with Gasteiger partial charge in [0.2, 0.25) is 0 Å². The minimum atomic E-state index is 0.0881. The van der Waals surface area contributed by atoms with E-state index in [1.807, 2.05) is 6.07 Å². The zero-order valence-electron chi connectivity index (χ0n) is 8.48. The van der Waals surface area contributed by atoms with Crippen molar-refractivity contribution in [1.82, 2.24) is 0 Å². The third-order valence-electron chi connectivity index (χ3n) is 2.83. The molecule has 1 aliphatic rings. The molecule has 3 nitrogen and oxygen atoms in total. The standard InChI is InChI=1S/C11H17NO2/c1-13-11(9-2-3-9)10(12)6-8-4-5-14-7-8/h4-5,7,9-11H,2-3,6,12H2,1H3. The summed E-state index contributed by atoms with van der Waals surface area (Å²) in [4.78, 5) is 0. The number of nitrogens with two attached hydrogens (primary N) is 1. The van der Waals surface area contributed by atoms with E-state index >= 15 is 0 Å². The number of furan rings is 1. The number of methoxy groups -OCH3 is 1. The molecule has 78 valence electrons. The van der Waals surface area contributed by atoms with E-state index in [1.54, 1.807) is 19.6 Å². The SMILES string of the molecule is COC(C(N)Cc1ccoc1)C1CC1. The highest BCUT2D eigenvalue weighted by atomic mass is 16.5. The van der Waals surface area contributed by atoms with Crippen LogP contribution in [0.3, 0.4) is 0 Å². The fraction of sp³-hybridized carbons (Fsp3) is 0.636. The molecule has 0 aromatic carbocycles. The summed E-state index contributed by atoms with van der Waals surface area (Å²) in [6, 6.07) is 2.05. The van der Waals surface area contributed by atoms with Gasteiger partial charge < -0.3 is 14.9 Å². The molecule has 0 amide bonds. The fourth-order valence-electron chi connectivity index (χ4n) is 1.94. The molecule has 1 saturated carbocycles. The third-order valence-corrected chi connectivity index (χ3v) is 2.83. The van der Waals surface area contributed by atoms with Gasteiger partial charge in [0.05, 0.1) is 18.6 Å². The molecule has 2 N–H and O–H groups in total. The van der Waals surface area contributed by atoms with Gasteiger partial charge in [-0.1, -0.05) is 0 Å². The summed E-state index contributed by atoms with van der Waals surface area (Å²) in [5.74, 6) is 0.682. The van der Waals surface area contributed by atoms with Crippen LogP contribution in [0.1, 0.15) is 18.4 Å². The molecule has 2 atom stereocenters. The fourth-order valence-corrected chi connectivity index (χ4v) is 1.94. The molecule has 1 aromatic heterocycles. The lowest BCUT2D eigenvalue weighted by atomic mass is 10.0. The minimum Gasteiger partial charge on any atom is -0.472 e. The second-order valence-corrected chi connectivity index (χ2v) is 4.04. The molecule has 1 aliphatic carbocycles. The summed E-state index contributed by atoms with van der Waals surface area (Å²) in [6.45, 7) is 0. The first-order valence-electron chi connectivity index (χ1n) is 5.10. The van der Waals surface area contributed by atoms with Crippen LogP contribution < -0.4 is 5.73 Å². The smallest absolute Gasteiger partial charge is 0.0935 e. The normalized spacial score (nSPS) is 20.7. The van der Waals surface area contributed by atoms with Gasteiger partial charge in [-0.05, 0) is 36.8 Å². The maximum atomic E-state index is 6.09. The van der Waals surface area contributed by atoms with Crippen LogP contribution in [0, 0.1) is 5.92 Å². The Hall–Kier alpha value is -0.800. The summed E-state index contributed by atoms with van der Waals surface area (Å²) < 4.78 is 10.4. The highest BCUT2D eigenvalue weighted by molar-refractivity contribution is 5.08. The first-order valence-corrected chi connectivity index (χ1v) is 5.10. The third kappa shape index (κ3) is 2.16. The topological polar surface area (TPSA) is 48.4 Å². The minimum absolute atomic E-state index is 0.0881. The van der Waals surface area contributed by atoms with Crippen molar-refractivity contribution in [3.8, 4) is 0 Å². The Bertz CT molecular complexity index is 267. The lowest BCUT2D eigenvalue weighted by Crippen LogP contribution is -2.39. The molecular weight excluding hydrogens is 178 g/mol. The maximum absolute atomic E-state index is 6.09. The number of ether oxygens (including phenoxy) is 1. The van der Waals surface area contributed by atoms with Crippen molar-refractivity contribution in [2.24, 2.45) is 11.7 Å². The number of hydrogen-bond donors (Lipinski definition) is 1. The van der Waals surface area contributed by atoms with Gasteiger partial charge in [0.15, 0.2) is 0 Å². The Kier molecular flexibility index (Phi) is 2.89. The van der Waals surface area contributed by atoms with Crippen LogP contribution in [-0.2, 0) is 11.2 Å². The van der Waals surface area contributed by atoms with E-state index in [-0.39, 0.29) is 12.1 Å². The average molecular weight is 195 g/mol.